The number of halogens is 4. The first-order valence-corrected chi connectivity index (χ1v) is 14.7. The summed E-state index contributed by atoms with van der Waals surface area (Å²) in [7, 11) is 0. The first-order valence-electron chi connectivity index (χ1n) is 14.7. The van der Waals surface area contributed by atoms with Gasteiger partial charge in [-0.25, -0.2) is 22.5 Å². The molecule has 0 radical (unpaired) electrons. The van der Waals surface area contributed by atoms with Crippen LogP contribution in [0, 0.1) is 30.2 Å². The van der Waals surface area contributed by atoms with Crippen molar-refractivity contribution >= 4 is 22.6 Å². The number of fused-ring (bicyclic) bond motifs is 1. The maximum absolute atomic E-state index is 15.0. The summed E-state index contributed by atoms with van der Waals surface area (Å²) < 4.78 is 62.9. The summed E-state index contributed by atoms with van der Waals surface area (Å²) in [4.78, 5) is 25.2. The number of ether oxygens (including phenoxy) is 1. The standard InChI is InChI=1S/C34H31F4N5O2/c1-19-2-9-29-30(10-19)43-34(42-29)32-18-45-25(15-40-32)7-8-26-28(38)16-39-17-31(26)41-33(44)14-27(20-3-5-22(35)6-4-20)21-11-23(36)13-24(37)12-21/h2-6,9-13,16-17,25,27,32,40H,7-8,14-15,18H2,1H3,(H,41,44)(H,42,43)/t25-,27+,32+/m1/s1. The normalized spacial score (nSPS) is 17.4. The van der Waals surface area contributed by atoms with E-state index in [0.717, 1.165) is 46.8 Å². The van der Waals surface area contributed by atoms with Crippen LogP contribution >= 0.6 is 0 Å². The molecule has 7 nitrogen and oxygen atoms in total. The molecule has 2 aromatic heterocycles. The van der Waals surface area contributed by atoms with E-state index < -0.39 is 35.1 Å². The van der Waals surface area contributed by atoms with Crippen molar-refractivity contribution in [2.24, 2.45) is 0 Å². The van der Waals surface area contributed by atoms with Gasteiger partial charge in [0.25, 0.3) is 0 Å². The zero-order chi connectivity index (χ0) is 31.5. The summed E-state index contributed by atoms with van der Waals surface area (Å²) >= 11 is 0. The van der Waals surface area contributed by atoms with Gasteiger partial charge in [0.1, 0.15) is 29.1 Å². The molecule has 0 saturated carbocycles. The molecule has 11 heteroatoms. The number of hydrogen-bond donors (Lipinski definition) is 3. The number of nitrogens with one attached hydrogen (secondary N) is 3. The third-order valence-electron chi connectivity index (χ3n) is 8.02. The van der Waals surface area contributed by atoms with Crippen LogP contribution < -0.4 is 10.6 Å². The Morgan fingerprint density at radius 2 is 1.76 bits per heavy atom. The SMILES string of the molecule is Cc1ccc2nc([C@@H]3CO[C@H](CCc4c(F)cncc4NC(=O)C[C@@H](c4ccc(F)cc4)c4cc(F)cc(F)c4)CN3)[nH]c2c1. The number of pyridine rings is 1. The number of morpholine rings is 1. The van der Waals surface area contributed by atoms with Gasteiger partial charge >= 0.3 is 0 Å². The van der Waals surface area contributed by atoms with Crippen LogP contribution in [-0.2, 0) is 16.0 Å². The minimum atomic E-state index is -0.799. The number of nitrogens with zero attached hydrogens (tertiary/aromatic N) is 2. The molecule has 0 spiro atoms. The fraction of sp³-hybridized carbons (Fsp3) is 0.265. The first-order chi connectivity index (χ1) is 21.7. The number of carbonyl (C=O) groups is 1. The average Bonchev–Trinajstić information content (AvgIpc) is 3.43. The number of aromatic nitrogens is 3. The second-order valence-corrected chi connectivity index (χ2v) is 11.3. The molecule has 3 aromatic carbocycles. The van der Waals surface area contributed by atoms with Gasteiger partial charge in [-0.1, -0.05) is 18.2 Å². The highest BCUT2D eigenvalue weighted by Gasteiger charge is 2.26. The number of aryl methyl sites for hydroxylation is 1. The molecular formula is C34H31F4N5O2. The highest BCUT2D eigenvalue weighted by atomic mass is 19.1. The lowest BCUT2D eigenvalue weighted by Crippen LogP contribution is -2.41. The molecule has 3 atom stereocenters. The third kappa shape index (κ3) is 7.21. The van der Waals surface area contributed by atoms with Gasteiger partial charge in [-0.15, -0.1) is 0 Å². The number of imidazole rings is 1. The molecular weight excluding hydrogens is 586 g/mol. The van der Waals surface area contributed by atoms with E-state index in [4.69, 9.17) is 4.74 Å². The van der Waals surface area contributed by atoms with Crippen LogP contribution in [0.1, 0.15) is 52.9 Å². The Hall–Kier alpha value is -4.61. The maximum Gasteiger partial charge on any atom is 0.225 e. The summed E-state index contributed by atoms with van der Waals surface area (Å²) in [6.45, 7) is 2.94. The molecule has 0 aliphatic carbocycles. The van der Waals surface area contributed by atoms with Gasteiger partial charge in [0.2, 0.25) is 5.91 Å². The summed E-state index contributed by atoms with van der Waals surface area (Å²) in [6.07, 6.45) is 2.76. The number of amides is 1. The van der Waals surface area contributed by atoms with Crippen molar-refractivity contribution in [3.05, 3.63) is 124 Å². The van der Waals surface area contributed by atoms with E-state index in [1.54, 1.807) is 0 Å². The topological polar surface area (TPSA) is 91.9 Å². The van der Waals surface area contributed by atoms with Gasteiger partial charge < -0.3 is 20.4 Å². The monoisotopic (exact) mass is 617 g/mol. The van der Waals surface area contributed by atoms with E-state index in [1.807, 2.05) is 25.1 Å². The number of H-pyrrole nitrogens is 1. The molecule has 1 aliphatic heterocycles. The Labute approximate surface area is 257 Å². The predicted molar refractivity (Wildman–Crippen MR) is 162 cm³/mol. The van der Waals surface area contributed by atoms with Crippen molar-refractivity contribution in [2.45, 2.75) is 44.2 Å². The smallest absolute Gasteiger partial charge is 0.225 e. The van der Waals surface area contributed by atoms with E-state index in [9.17, 15) is 22.4 Å². The van der Waals surface area contributed by atoms with Gasteiger partial charge in [-0.3, -0.25) is 9.78 Å². The summed E-state index contributed by atoms with van der Waals surface area (Å²) in [5.74, 6) is -3.18. The molecule has 1 fully saturated rings. The minimum Gasteiger partial charge on any atom is -0.375 e. The number of hydrogen-bond acceptors (Lipinski definition) is 5. The van der Waals surface area contributed by atoms with Crippen LogP contribution in [0.4, 0.5) is 23.2 Å². The van der Waals surface area contributed by atoms with Crippen molar-refractivity contribution in [3.63, 3.8) is 0 Å². The zero-order valence-corrected chi connectivity index (χ0v) is 24.4. The highest BCUT2D eigenvalue weighted by Crippen LogP contribution is 2.31. The van der Waals surface area contributed by atoms with Crippen molar-refractivity contribution in [2.75, 3.05) is 18.5 Å². The van der Waals surface area contributed by atoms with Crippen LogP contribution in [0.2, 0.25) is 0 Å². The van der Waals surface area contributed by atoms with E-state index in [0.29, 0.717) is 25.1 Å². The second-order valence-electron chi connectivity index (χ2n) is 11.3. The van der Waals surface area contributed by atoms with E-state index in [2.05, 4.69) is 25.6 Å². The molecule has 3 N–H and O–H groups in total. The zero-order valence-electron chi connectivity index (χ0n) is 24.4. The van der Waals surface area contributed by atoms with Crippen LogP contribution in [0.25, 0.3) is 11.0 Å². The largest absolute Gasteiger partial charge is 0.375 e. The van der Waals surface area contributed by atoms with E-state index >= 15 is 0 Å². The van der Waals surface area contributed by atoms with Crippen molar-refractivity contribution < 1.29 is 27.1 Å². The Morgan fingerprint density at radius 3 is 2.49 bits per heavy atom. The Morgan fingerprint density at radius 1 is 0.978 bits per heavy atom. The van der Waals surface area contributed by atoms with Crippen LogP contribution in [0.3, 0.4) is 0 Å². The highest BCUT2D eigenvalue weighted by molar-refractivity contribution is 5.92. The lowest BCUT2D eigenvalue weighted by molar-refractivity contribution is -0.116. The van der Waals surface area contributed by atoms with E-state index in [1.165, 1.54) is 30.5 Å². The quantitative estimate of drug-likeness (QED) is 0.161. The number of anilines is 1. The predicted octanol–water partition coefficient (Wildman–Crippen LogP) is 6.65. The van der Waals surface area contributed by atoms with Crippen molar-refractivity contribution in [3.8, 4) is 0 Å². The third-order valence-corrected chi connectivity index (χ3v) is 8.02. The molecule has 1 amide bonds. The molecule has 45 heavy (non-hydrogen) atoms. The number of rotatable bonds is 9. The fourth-order valence-electron chi connectivity index (χ4n) is 5.71. The lowest BCUT2D eigenvalue weighted by Gasteiger charge is -2.29. The molecule has 1 saturated heterocycles. The first kappa shape index (κ1) is 30.4. The van der Waals surface area contributed by atoms with Crippen LogP contribution in [-0.4, -0.2) is 40.1 Å². The average molecular weight is 618 g/mol. The summed E-state index contributed by atoms with van der Waals surface area (Å²) in [6, 6.07) is 14.3. The molecule has 1 aliphatic rings. The van der Waals surface area contributed by atoms with Crippen LogP contribution in [0.15, 0.2) is 73.1 Å². The van der Waals surface area contributed by atoms with Gasteiger partial charge in [-0.05, 0) is 72.9 Å². The molecule has 6 rings (SSSR count). The summed E-state index contributed by atoms with van der Waals surface area (Å²) in [5, 5.41) is 6.17. The molecule has 232 valence electrons. The second kappa shape index (κ2) is 13.2. The van der Waals surface area contributed by atoms with Gasteiger partial charge in [-0.2, -0.15) is 0 Å². The molecule has 3 heterocycles. The maximum atomic E-state index is 15.0. The van der Waals surface area contributed by atoms with Gasteiger partial charge in [0.05, 0.1) is 47.9 Å². The molecule has 0 bridgehead atoms. The number of benzene rings is 3. The molecule has 0 unspecified atom stereocenters. The number of carbonyl (C=O) groups excluding carboxylic acids is 1. The number of aromatic amines is 1. The Balaban J connectivity index is 1.11. The van der Waals surface area contributed by atoms with Crippen molar-refractivity contribution in [1.29, 1.82) is 0 Å². The minimum absolute atomic E-state index is 0.109. The van der Waals surface area contributed by atoms with Crippen LogP contribution in [0.5, 0.6) is 0 Å². The lowest BCUT2D eigenvalue weighted by atomic mass is 9.88. The van der Waals surface area contributed by atoms with Crippen molar-refractivity contribution in [1.82, 2.24) is 20.3 Å². The molecule has 5 aromatic rings. The van der Waals surface area contributed by atoms with Gasteiger partial charge in [0.15, 0.2) is 0 Å². The summed E-state index contributed by atoms with van der Waals surface area (Å²) in [5.41, 5.74) is 4.16. The van der Waals surface area contributed by atoms with E-state index in [-0.39, 0.29) is 41.8 Å². The Bertz CT molecular complexity index is 1800. The fourth-order valence-corrected chi connectivity index (χ4v) is 5.71. The Kier molecular flexibility index (Phi) is 8.90. The van der Waals surface area contributed by atoms with Gasteiger partial charge in [0, 0.05) is 30.5 Å².